The summed E-state index contributed by atoms with van der Waals surface area (Å²) in [5, 5.41) is 3.29. The maximum absolute atomic E-state index is 4.69. The Morgan fingerprint density at radius 1 is 1.05 bits per heavy atom. The molecule has 1 aliphatic rings. The molecule has 1 N–H and O–H groups in total. The van der Waals surface area contributed by atoms with E-state index in [4.69, 9.17) is 0 Å². The van der Waals surface area contributed by atoms with Gasteiger partial charge in [0.1, 0.15) is 0 Å². The van der Waals surface area contributed by atoms with Gasteiger partial charge in [-0.25, -0.2) is 9.97 Å². The van der Waals surface area contributed by atoms with Crippen LogP contribution in [-0.4, -0.2) is 9.97 Å². The SMILES string of the molecule is Cc1cc(C2CCCC2)nc(Nc2ccccc2)n1. The summed E-state index contributed by atoms with van der Waals surface area (Å²) >= 11 is 0. The van der Waals surface area contributed by atoms with Crippen molar-refractivity contribution < 1.29 is 0 Å². The fraction of sp³-hybridized carbons (Fsp3) is 0.375. The van der Waals surface area contributed by atoms with Crippen molar-refractivity contribution in [1.29, 1.82) is 0 Å². The first-order valence-corrected chi connectivity index (χ1v) is 6.99. The van der Waals surface area contributed by atoms with Crippen molar-refractivity contribution in [3.05, 3.63) is 47.8 Å². The van der Waals surface area contributed by atoms with E-state index in [1.165, 1.54) is 31.4 Å². The fourth-order valence-electron chi connectivity index (χ4n) is 2.73. The molecule has 98 valence electrons. The molecule has 1 heterocycles. The number of rotatable bonds is 3. The van der Waals surface area contributed by atoms with Gasteiger partial charge in [0.25, 0.3) is 0 Å². The van der Waals surface area contributed by atoms with Crippen LogP contribution in [0.5, 0.6) is 0 Å². The lowest BCUT2D eigenvalue weighted by molar-refractivity contribution is 0.693. The first-order valence-electron chi connectivity index (χ1n) is 6.99. The third-order valence-corrected chi connectivity index (χ3v) is 3.68. The van der Waals surface area contributed by atoms with Gasteiger partial charge >= 0.3 is 0 Å². The summed E-state index contributed by atoms with van der Waals surface area (Å²) in [5.74, 6) is 1.34. The predicted octanol–water partition coefficient (Wildman–Crippen LogP) is 4.19. The molecule has 0 saturated heterocycles. The van der Waals surface area contributed by atoms with Gasteiger partial charge in [-0.2, -0.15) is 0 Å². The van der Waals surface area contributed by atoms with E-state index in [0.717, 1.165) is 11.4 Å². The van der Waals surface area contributed by atoms with Gasteiger partial charge in [-0.05, 0) is 38.0 Å². The number of aryl methyl sites for hydroxylation is 1. The van der Waals surface area contributed by atoms with Crippen molar-refractivity contribution in [2.24, 2.45) is 0 Å². The molecule has 19 heavy (non-hydrogen) atoms. The normalized spacial score (nSPS) is 15.6. The predicted molar refractivity (Wildman–Crippen MR) is 77.7 cm³/mol. The van der Waals surface area contributed by atoms with Crippen molar-refractivity contribution >= 4 is 11.6 Å². The maximum atomic E-state index is 4.69. The van der Waals surface area contributed by atoms with E-state index in [9.17, 15) is 0 Å². The summed E-state index contributed by atoms with van der Waals surface area (Å²) in [6, 6.07) is 12.2. The van der Waals surface area contributed by atoms with E-state index in [1.807, 2.05) is 37.3 Å². The van der Waals surface area contributed by atoms with Crippen LogP contribution in [-0.2, 0) is 0 Å². The van der Waals surface area contributed by atoms with E-state index < -0.39 is 0 Å². The Morgan fingerprint density at radius 3 is 2.53 bits per heavy atom. The van der Waals surface area contributed by atoms with Crippen LogP contribution >= 0.6 is 0 Å². The van der Waals surface area contributed by atoms with Crippen molar-refractivity contribution in [1.82, 2.24) is 9.97 Å². The molecule has 2 aromatic rings. The number of para-hydroxylation sites is 1. The van der Waals surface area contributed by atoms with Crippen molar-refractivity contribution in [3.8, 4) is 0 Å². The Hall–Kier alpha value is -1.90. The summed E-state index contributed by atoms with van der Waals surface area (Å²) in [6.07, 6.45) is 5.19. The minimum absolute atomic E-state index is 0.623. The van der Waals surface area contributed by atoms with Gasteiger partial charge in [-0.1, -0.05) is 31.0 Å². The molecule has 1 aromatic heterocycles. The molecular weight excluding hydrogens is 234 g/mol. The number of hydrogen-bond acceptors (Lipinski definition) is 3. The maximum Gasteiger partial charge on any atom is 0.227 e. The van der Waals surface area contributed by atoms with Crippen LogP contribution in [0.1, 0.15) is 43.0 Å². The van der Waals surface area contributed by atoms with Gasteiger partial charge in [0.2, 0.25) is 5.95 Å². The first kappa shape index (κ1) is 12.2. The Kier molecular flexibility index (Phi) is 3.45. The number of aromatic nitrogens is 2. The molecule has 0 radical (unpaired) electrons. The van der Waals surface area contributed by atoms with Crippen molar-refractivity contribution in [2.45, 2.75) is 38.5 Å². The van der Waals surface area contributed by atoms with E-state index in [2.05, 4.69) is 21.4 Å². The number of hydrogen-bond donors (Lipinski definition) is 1. The monoisotopic (exact) mass is 253 g/mol. The second-order valence-corrected chi connectivity index (χ2v) is 5.23. The highest BCUT2D eigenvalue weighted by molar-refractivity contribution is 5.52. The molecule has 1 aliphatic carbocycles. The number of nitrogens with one attached hydrogen (secondary N) is 1. The molecule has 0 spiro atoms. The van der Waals surface area contributed by atoms with Crippen LogP contribution in [0.3, 0.4) is 0 Å². The molecule has 3 heteroatoms. The van der Waals surface area contributed by atoms with Gasteiger partial charge in [-0.15, -0.1) is 0 Å². The first-order chi connectivity index (χ1) is 9.31. The summed E-state index contributed by atoms with van der Waals surface area (Å²) in [4.78, 5) is 9.17. The molecule has 0 bridgehead atoms. The Morgan fingerprint density at radius 2 is 1.79 bits per heavy atom. The zero-order valence-electron chi connectivity index (χ0n) is 11.3. The van der Waals surface area contributed by atoms with E-state index in [0.29, 0.717) is 11.9 Å². The van der Waals surface area contributed by atoms with Gasteiger partial charge < -0.3 is 5.32 Å². The molecular formula is C16H19N3. The number of benzene rings is 1. The summed E-state index contributed by atoms with van der Waals surface area (Å²) in [7, 11) is 0. The van der Waals surface area contributed by atoms with Crippen molar-refractivity contribution in [3.63, 3.8) is 0 Å². The van der Waals surface area contributed by atoms with Gasteiger partial charge in [0.05, 0.1) is 0 Å². The molecule has 1 fully saturated rings. The summed E-state index contributed by atoms with van der Waals surface area (Å²) < 4.78 is 0. The third-order valence-electron chi connectivity index (χ3n) is 3.68. The van der Waals surface area contributed by atoms with Crippen LogP contribution in [0.2, 0.25) is 0 Å². The van der Waals surface area contributed by atoms with Crippen LogP contribution in [0, 0.1) is 6.92 Å². The molecule has 3 nitrogen and oxygen atoms in total. The molecule has 3 rings (SSSR count). The fourth-order valence-corrected chi connectivity index (χ4v) is 2.73. The second-order valence-electron chi connectivity index (χ2n) is 5.23. The zero-order chi connectivity index (χ0) is 13.1. The van der Waals surface area contributed by atoms with Gasteiger partial charge in [0, 0.05) is 23.0 Å². The van der Waals surface area contributed by atoms with E-state index in [-0.39, 0.29) is 0 Å². The van der Waals surface area contributed by atoms with E-state index >= 15 is 0 Å². The molecule has 0 atom stereocenters. The van der Waals surface area contributed by atoms with E-state index in [1.54, 1.807) is 0 Å². The standard InChI is InChI=1S/C16H19N3/c1-12-11-15(13-7-5-6-8-13)19-16(17-12)18-14-9-3-2-4-10-14/h2-4,9-11,13H,5-8H2,1H3,(H,17,18,19). The van der Waals surface area contributed by atoms with Crippen LogP contribution in [0.4, 0.5) is 11.6 Å². The molecule has 1 saturated carbocycles. The smallest absolute Gasteiger partial charge is 0.227 e. The zero-order valence-corrected chi connectivity index (χ0v) is 11.3. The van der Waals surface area contributed by atoms with Gasteiger partial charge in [-0.3, -0.25) is 0 Å². The lowest BCUT2D eigenvalue weighted by atomic mass is 10.0. The number of anilines is 2. The van der Waals surface area contributed by atoms with Crippen LogP contribution < -0.4 is 5.32 Å². The van der Waals surface area contributed by atoms with Crippen LogP contribution in [0.25, 0.3) is 0 Å². The average molecular weight is 253 g/mol. The molecule has 1 aromatic carbocycles. The highest BCUT2D eigenvalue weighted by Gasteiger charge is 2.19. The van der Waals surface area contributed by atoms with Gasteiger partial charge in [0.15, 0.2) is 0 Å². The minimum atomic E-state index is 0.623. The van der Waals surface area contributed by atoms with Crippen molar-refractivity contribution in [2.75, 3.05) is 5.32 Å². The topological polar surface area (TPSA) is 37.8 Å². The summed E-state index contributed by atoms with van der Waals surface area (Å²) in [5.41, 5.74) is 3.27. The lowest BCUT2D eigenvalue weighted by Crippen LogP contribution is -2.04. The number of nitrogens with zero attached hydrogens (tertiary/aromatic N) is 2. The largest absolute Gasteiger partial charge is 0.324 e. The molecule has 0 amide bonds. The third kappa shape index (κ3) is 2.92. The Bertz CT molecular complexity index is 545. The average Bonchev–Trinajstić information content (AvgIpc) is 2.93. The highest BCUT2D eigenvalue weighted by atomic mass is 15.1. The molecule has 0 unspecified atom stereocenters. The lowest BCUT2D eigenvalue weighted by Gasteiger charge is -2.12. The summed E-state index contributed by atoms with van der Waals surface area (Å²) in [6.45, 7) is 2.04. The quantitative estimate of drug-likeness (QED) is 0.891. The second kappa shape index (κ2) is 5.39. The Balaban J connectivity index is 1.85. The van der Waals surface area contributed by atoms with Crippen LogP contribution in [0.15, 0.2) is 36.4 Å². The molecule has 0 aliphatic heterocycles. The highest BCUT2D eigenvalue weighted by Crippen LogP contribution is 2.33. The minimum Gasteiger partial charge on any atom is -0.324 e. The Labute approximate surface area is 114 Å².